The van der Waals surface area contributed by atoms with Crippen molar-refractivity contribution in [1.82, 2.24) is 5.32 Å². The van der Waals surface area contributed by atoms with E-state index in [0.717, 1.165) is 24.8 Å². The summed E-state index contributed by atoms with van der Waals surface area (Å²) in [6.45, 7) is 2.05. The van der Waals surface area contributed by atoms with Crippen LogP contribution >= 0.6 is 0 Å². The number of halogens is 1. The van der Waals surface area contributed by atoms with Crippen molar-refractivity contribution in [2.45, 2.75) is 50.8 Å². The van der Waals surface area contributed by atoms with Gasteiger partial charge in [0.25, 0.3) is 0 Å². The van der Waals surface area contributed by atoms with Gasteiger partial charge >= 0.3 is 0 Å². The van der Waals surface area contributed by atoms with Crippen LogP contribution < -0.4 is 5.32 Å². The van der Waals surface area contributed by atoms with E-state index in [2.05, 4.69) is 12.2 Å². The number of hydrogen-bond donors (Lipinski definition) is 2. The van der Waals surface area contributed by atoms with Crippen LogP contribution in [0.5, 0.6) is 0 Å². The first-order chi connectivity index (χ1) is 8.16. The Morgan fingerprint density at radius 2 is 1.88 bits per heavy atom. The molecule has 1 aliphatic rings. The van der Waals surface area contributed by atoms with Gasteiger partial charge in [0.2, 0.25) is 0 Å². The molecule has 17 heavy (non-hydrogen) atoms. The van der Waals surface area contributed by atoms with E-state index in [0.29, 0.717) is 0 Å². The van der Waals surface area contributed by atoms with Crippen molar-refractivity contribution in [3.8, 4) is 0 Å². The molecule has 1 saturated carbocycles. The zero-order valence-electron chi connectivity index (χ0n) is 10.2. The number of aliphatic hydroxyl groups excluding tert-OH is 1. The topological polar surface area (TPSA) is 32.3 Å². The molecule has 0 aliphatic heterocycles. The second-order valence-corrected chi connectivity index (χ2v) is 4.90. The van der Waals surface area contributed by atoms with Gasteiger partial charge in [0.05, 0.1) is 6.10 Å². The van der Waals surface area contributed by atoms with E-state index in [1.807, 2.05) is 0 Å². The molecule has 1 aromatic carbocycles. The number of hydrogen-bond acceptors (Lipinski definition) is 2. The Balaban J connectivity index is 1.95. The Labute approximate surface area is 102 Å². The number of rotatable bonds is 3. The molecule has 2 rings (SSSR count). The van der Waals surface area contributed by atoms with Crippen LogP contribution in [-0.2, 0) is 0 Å². The zero-order chi connectivity index (χ0) is 12.3. The lowest BCUT2D eigenvalue weighted by molar-refractivity contribution is 0.0860. The van der Waals surface area contributed by atoms with Gasteiger partial charge in [-0.1, -0.05) is 25.0 Å². The molecular weight excluding hydrogens is 217 g/mol. The van der Waals surface area contributed by atoms with E-state index < -0.39 is 0 Å². The molecule has 0 aromatic heterocycles. The highest BCUT2D eigenvalue weighted by atomic mass is 19.1. The minimum absolute atomic E-state index is 0.147. The van der Waals surface area contributed by atoms with Gasteiger partial charge in [-0.3, -0.25) is 0 Å². The molecule has 2 N–H and O–H groups in total. The standard InChI is InChI=1S/C14H20FNO/c1-10(11-6-8-12(15)9-7-11)16-13-4-2-3-5-14(13)17/h6-10,13-14,16-17H,2-5H2,1H3/t10-,13+,14+/m1/s1. The maximum atomic E-state index is 12.8. The molecule has 3 heteroatoms. The van der Waals surface area contributed by atoms with Gasteiger partial charge in [-0.25, -0.2) is 4.39 Å². The predicted octanol–water partition coefficient (Wildman–Crippen LogP) is 2.78. The summed E-state index contributed by atoms with van der Waals surface area (Å²) in [5.41, 5.74) is 1.06. The minimum atomic E-state index is -0.244. The van der Waals surface area contributed by atoms with Gasteiger partial charge in [0.15, 0.2) is 0 Å². The monoisotopic (exact) mass is 237 g/mol. The van der Waals surface area contributed by atoms with Crippen molar-refractivity contribution in [3.05, 3.63) is 35.6 Å². The normalized spacial score (nSPS) is 26.8. The Hall–Kier alpha value is -0.930. The van der Waals surface area contributed by atoms with Crippen LogP contribution in [0.1, 0.15) is 44.2 Å². The molecule has 0 amide bonds. The van der Waals surface area contributed by atoms with Gasteiger partial charge in [0.1, 0.15) is 5.82 Å². The molecular formula is C14H20FNO. The van der Waals surface area contributed by atoms with E-state index in [9.17, 15) is 9.50 Å². The fraction of sp³-hybridized carbons (Fsp3) is 0.571. The Morgan fingerprint density at radius 1 is 1.24 bits per heavy atom. The van der Waals surface area contributed by atoms with E-state index >= 15 is 0 Å². The molecule has 3 atom stereocenters. The third-order valence-electron chi connectivity index (χ3n) is 3.56. The molecule has 0 radical (unpaired) electrons. The van der Waals surface area contributed by atoms with Crippen LogP contribution in [0.15, 0.2) is 24.3 Å². The average Bonchev–Trinajstić information content (AvgIpc) is 2.33. The summed E-state index contributed by atoms with van der Waals surface area (Å²) < 4.78 is 12.8. The van der Waals surface area contributed by atoms with Gasteiger partial charge in [0, 0.05) is 12.1 Å². The highest BCUT2D eigenvalue weighted by Gasteiger charge is 2.24. The summed E-state index contributed by atoms with van der Waals surface area (Å²) in [5, 5.41) is 13.3. The molecule has 0 spiro atoms. The maximum absolute atomic E-state index is 12.8. The summed E-state index contributed by atoms with van der Waals surface area (Å²) in [4.78, 5) is 0. The fourth-order valence-corrected chi connectivity index (χ4v) is 2.47. The molecule has 1 aliphatic carbocycles. The number of nitrogens with one attached hydrogen (secondary N) is 1. The second kappa shape index (κ2) is 5.61. The smallest absolute Gasteiger partial charge is 0.123 e. The van der Waals surface area contributed by atoms with E-state index in [-0.39, 0.29) is 24.0 Å². The quantitative estimate of drug-likeness (QED) is 0.847. The van der Waals surface area contributed by atoms with E-state index in [1.165, 1.54) is 18.6 Å². The first-order valence-electron chi connectivity index (χ1n) is 6.36. The third-order valence-corrected chi connectivity index (χ3v) is 3.56. The largest absolute Gasteiger partial charge is 0.392 e. The lowest BCUT2D eigenvalue weighted by Gasteiger charge is -2.31. The average molecular weight is 237 g/mol. The van der Waals surface area contributed by atoms with Gasteiger partial charge in [-0.2, -0.15) is 0 Å². The second-order valence-electron chi connectivity index (χ2n) is 4.90. The van der Waals surface area contributed by atoms with E-state index in [4.69, 9.17) is 0 Å². The lowest BCUT2D eigenvalue weighted by atomic mass is 9.91. The summed E-state index contributed by atoms with van der Waals surface area (Å²) in [6, 6.07) is 6.86. The van der Waals surface area contributed by atoms with Gasteiger partial charge in [-0.15, -0.1) is 0 Å². The first kappa shape index (κ1) is 12.5. The summed E-state index contributed by atoms with van der Waals surface area (Å²) in [6.07, 6.45) is 3.95. The van der Waals surface area contributed by atoms with Crippen LogP contribution in [0.25, 0.3) is 0 Å². The summed E-state index contributed by atoms with van der Waals surface area (Å²) in [5.74, 6) is -0.210. The van der Waals surface area contributed by atoms with Crippen molar-refractivity contribution < 1.29 is 9.50 Å². The molecule has 0 saturated heterocycles. The van der Waals surface area contributed by atoms with Crippen molar-refractivity contribution in [2.24, 2.45) is 0 Å². The van der Waals surface area contributed by atoms with Crippen LogP contribution in [-0.4, -0.2) is 17.3 Å². The minimum Gasteiger partial charge on any atom is -0.392 e. The molecule has 1 aromatic rings. The van der Waals surface area contributed by atoms with Gasteiger partial charge in [-0.05, 0) is 37.5 Å². The highest BCUT2D eigenvalue weighted by Crippen LogP contribution is 2.22. The predicted molar refractivity (Wildman–Crippen MR) is 66.2 cm³/mol. The third kappa shape index (κ3) is 3.27. The van der Waals surface area contributed by atoms with Crippen molar-refractivity contribution in [1.29, 1.82) is 0 Å². The molecule has 0 unspecified atom stereocenters. The maximum Gasteiger partial charge on any atom is 0.123 e. The molecule has 2 nitrogen and oxygen atoms in total. The first-order valence-corrected chi connectivity index (χ1v) is 6.36. The van der Waals surface area contributed by atoms with Crippen LogP contribution in [0, 0.1) is 5.82 Å². The lowest BCUT2D eigenvalue weighted by Crippen LogP contribution is -2.43. The zero-order valence-corrected chi connectivity index (χ0v) is 10.2. The van der Waals surface area contributed by atoms with Crippen molar-refractivity contribution in [2.75, 3.05) is 0 Å². The van der Waals surface area contributed by atoms with Gasteiger partial charge < -0.3 is 10.4 Å². The van der Waals surface area contributed by atoms with Crippen LogP contribution in [0.4, 0.5) is 4.39 Å². The van der Waals surface area contributed by atoms with Crippen molar-refractivity contribution >= 4 is 0 Å². The Kier molecular flexibility index (Phi) is 4.13. The number of aliphatic hydroxyl groups is 1. The van der Waals surface area contributed by atoms with Crippen LogP contribution in [0.3, 0.4) is 0 Å². The summed E-state index contributed by atoms with van der Waals surface area (Å²) >= 11 is 0. The molecule has 1 fully saturated rings. The number of benzene rings is 1. The van der Waals surface area contributed by atoms with Crippen LogP contribution in [0.2, 0.25) is 0 Å². The van der Waals surface area contributed by atoms with E-state index in [1.54, 1.807) is 12.1 Å². The Bertz CT molecular complexity index is 352. The fourth-order valence-electron chi connectivity index (χ4n) is 2.47. The molecule has 0 heterocycles. The SMILES string of the molecule is C[C@@H](N[C@H]1CCCC[C@@H]1O)c1ccc(F)cc1. The Morgan fingerprint density at radius 3 is 2.53 bits per heavy atom. The highest BCUT2D eigenvalue weighted by molar-refractivity contribution is 5.19. The van der Waals surface area contributed by atoms with Crippen molar-refractivity contribution in [3.63, 3.8) is 0 Å². The molecule has 0 bridgehead atoms. The summed E-state index contributed by atoms with van der Waals surface area (Å²) in [7, 11) is 0. The molecule has 94 valence electrons.